The highest BCUT2D eigenvalue weighted by Gasteiger charge is 2.11. The highest BCUT2D eigenvalue weighted by atomic mass is 79.9. The predicted octanol–water partition coefficient (Wildman–Crippen LogP) is 4.91. The minimum Gasteiger partial charge on any atom is -0.482 e. The van der Waals surface area contributed by atoms with E-state index in [4.69, 9.17) is 9.47 Å². The van der Waals surface area contributed by atoms with Crippen LogP contribution in [-0.2, 0) is 11.3 Å². The molecule has 0 spiro atoms. The Kier molecular flexibility index (Phi) is 6.03. The van der Waals surface area contributed by atoms with E-state index in [9.17, 15) is 0 Å². The molecule has 3 heteroatoms. The molecule has 0 amide bonds. The largest absolute Gasteiger partial charge is 0.482 e. The number of benzene rings is 2. The number of para-hydroxylation sites is 1. The molecule has 0 heterocycles. The van der Waals surface area contributed by atoms with Gasteiger partial charge >= 0.3 is 0 Å². The van der Waals surface area contributed by atoms with Gasteiger partial charge in [-0.25, -0.2) is 0 Å². The Bertz CT molecular complexity index is 561. The maximum atomic E-state index is 5.97. The van der Waals surface area contributed by atoms with Gasteiger partial charge in [-0.3, -0.25) is 0 Å². The number of hydrogen-bond acceptors (Lipinski definition) is 2. The fraction of sp³-hybridized carbons (Fsp3) is 0.222. The Hall–Kier alpha value is -1.58. The van der Waals surface area contributed by atoms with Crippen molar-refractivity contribution >= 4 is 15.9 Å². The summed E-state index contributed by atoms with van der Waals surface area (Å²) in [6.45, 7) is 6.89. The van der Waals surface area contributed by atoms with Crippen molar-refractivity contribution in [1.82, 2.24) is 0 Å². The summed E-state index contributed by atoms with van der Waals surface area (Å²) in [6, 6.07) is 16.1. The van der Waals surface area contributed by atoms with Gasteiger partial charge in [0.1, 0.15) is 11.9 Å². The smallest absolute Gasteiger partial charge is 0.140 e. The predicted molar refractivity (Wildman–Crippen MR) is 89.6 cm³/mol. The van der Waals surface area contributed by atoms with Crippen LogP contribution in [0.4, 0.5) is 0 Å². The first-order chi connectivity index (χ1) is 10.2. The summed E-state index contributed by atoms with van der Waals surface area (Å²) < 4.78 is 12.6. The third-order valence-corrected chi connectivity index (χ3v) is 3.71. The molecule has 0 aliphatic rings. The molecule has 2 rings (SSSR count). The third kappa shape index (κ3) is 4.73. The molecule has 2 aromatic carbocycles. The van der Waals surface area contributed by atoms with Gasteiger partial charge in [-0.2, -0.15) is 0 Å². The quantitative estimate of drug-likeness (QED) is 0.663. The van der Waals surface area contributed by atoms with E-state index in [-0.39, 0.29) is 6.10 Å². The van der Waals surface area contributed by atoms with E-state index in [1.165, 1.54) is 0 Å². The van der Waals surface area contributed by atoms with Gasteiger partial charge < -0.3 is 9.47 Å². The van der Waals surface area contributed by atoms with Gasteiger partial charge in [-0.05, 0) is 46.1 Å². The van der Waals surface area contributed by atoms with E-state index in [0.717, 1.165) is 21.3 Å². The van der Waals surface area contributed by atoms with E-state index in [1.54, 1.807) is 6.08 Å². The maximum absolute atomic E-state index is 5.97. The molecular formula is C18H19BrO2. The number of ether oxygens (including phenoxy) is 2. The third-order valence-electron chi connectivity index (χ3n) is 3.09. The van der Waals surface area contributed by atoms with Crippen molar-refractivity contribution in [3.8, 4) is 5.75 Å². The van der Waals surface area contributed by atoms with E-state index >= 15 is 0 Å². The Morgan fingerprint density at radius 3 is 2.57 bits per heavy atom. The monoisotopic (exact) mass is 346 g/mol. The van der Waals surface area contributed by atoms with E-state index in [0.29, 0.717) is 13.2 Å². The van der Waals surface area contributed by atoms with Gasteiger partial charge in [0.25, 0.3) is 0 Å². The van der Waals surface area contributed by atoms with Crippen LogP contribution in [0.3, 0.4) is 0 Å². The second-order valence-electron chi connectivity index (χ2n) is 4.78. The molecule has 21 heavy (non-hydrogen) atoms. The fourth-order valence-electron chi connectivity index (χ4n) is 1.93. The van der Waals surface area contributed by atoms with Crippen LogP contribution in [0.25, 0.3) is 0 Å². The lowest BCUT2D eigenvalue weighted by Gasteiger charge is -2.18. The van der Waals surface area contributed by atoms with Crippen LogP contribution in [0.2, 0.25) is 0 Å². The van der Waals surface area contributed by atoms with Gasteiger partial charge in [0, 0.05) is 0 Å². The summed E-state index contributed by atoms with van der Waals surface area (Å²) in [5, 5.41) is 0. The van der Waals surface area contributed by atoms with Gasteiger partial charge in [-0.1, -0.05) is 49.0 Å². The molecule has 0 aliphatic heterocycles. The highest BCUT2D eigenvalue weighted by molar-refractivity contribution is 9.10. The van der Waals surface area contributed by atoms with Crippen molar-refractivity contribution in [2.45, 2.75) is 19.6 Å². The van der Waals surface area contributed by atoms with E-state index in [2.05, 4.69) is 22.5 Å². The zero-order valence-electron chi connectivity index (χ0n) is 12.1. The van der Waals surface area contributed by atoms with Crippen molar-refractivity contribution in [2.24, 2.45) is 0 Å². The molecule has 2 aromatic rings. The Morgan fingerprint density at radius 1 is 1.14 bits per heavy atom. The van der Waals surface area contributed by atoms with Crippen molar-refractivity contribution < 1.29 is 9.47 Å². The second-order valence-corrected chi connectivity index (χ2v) is 5.63. The summed E-state index contributed by atoms with van der Waals surface area (Å²) in [7, 11) is 0. The Balaban J connectivity index is 1.90. The lowest BCUT2D eigenvalue weighted by atomic mass is 10.2. The molecule has 0 aliphatic carbocycles. The average Bonchev–Trinajstić information content (AvgIpc) is 2.50. The first-order valence-corrected chi connectivity index (χ1v) is 7.66. The van der Waals surface area contributed by atoms with E-state index < -0.39 is 0 Å². The zero-order valence-corrected chi connectivity index (χ0v) is 13.7. The number of halogens is 1. The Morgan fingerprint density at radius 2 is 1.90 bits per heavy atom. The first kappa shape index (κ1) is 15.8. The summed E-state index contributed by atoms with van der Waals surface area (Å²) in [4.78, 5) is 0. The molecule has 1 atom stereocenters. The molecule has 0 N–H and O–H groups in total. The van der Waals surface area contributed by atoms with Crippen molar-refractivity contribution in [1.29, 1.82) is 0 Å². The SMILES string of the molecule is C=C[C@@H](COCc1ccccc1)Oc1c(C)cccc1Br. The first-order valence-electron chi connectivity index (χ1n) is 6.86. The topological polar surface area (TPSA) is 18.5 Å². The molecular weight excluding hydrogens is 328 g/mol. The maximum Gasteiger partial charge on any atom is 0.140 e. The number of rotatable bonds is 7. The van der Waals surface area contributed by atoms with E-state index in [1.807, 2.05) is 55.5 Å². The number of hydrogen-bond donors (Lipinski definition) is 0. The lowest BCUT2D eigenvalue weighted by molar-refractivity contribution is 0.0604. The molecule has 0 radical (unpaired) electrons. The van der Waals surface area contributed by atoms with Gasteiger partial charge in [0.15, 0.2) is 0 Å². The summed E-state index contributed by atoms with van der Waals surface area (Å²) in [5.74, 6) is 0.839. The summed E-state index contributed by atoms with van der Waals surface area (Å²) in [5.41, 5.74) is 2.23. The Labute approximate surface area is 134 Å². The van der Waals surface area contributed by atoms with Crippen LogP contribution >= 0.6 is 15.9 Å². The number of aryl methyl sites for hydroxylation is 1. The molecule has 0 bridgehead atoms. The van der Waals surface area contributed by atoms with Crippen molar-refractivity contribution in [3.63, 3.8) is 0 Å². The highest BCUT2D eigenvalue weighted by Crippen LogP contribution is 2.29. The van der Waals surface area contributed by atoms with Crippen LogP contribution in [0.5, 0.6) is 5.75 Å². The van der Waals surface area contributed by atoms with Crippen molar-refractivity contribution in [2.75, 3.05) is 6.61 Å². The van der Waals surface area contributed by atoms with Crippen LogP contribution < -0.4 is 4.74 Å². The molecule has 2 nitrogen and oxygen atoms in total. The van der Waals surface area contributed by atoms with Crippen LogP contribution in [0, 0.1) is 6.92 Å². The molecule has 0 saturated carbocycles. The van der Waals surface area contributed by atoms with Crippen LogP contribution in [0.15, 0.2) is 65.7 Å². The van der Waals surface area contributed by atoms with Gasteiger partial charge in [0.05, 0.1) is 17.7 Å². The van der Waals surface area contributed by atoms with Crippen LogP contribution in [0.1, 0.15) is 11.1 Å². The summed E-state index contributed by atoms with van der Waals surface area (Å²) >= 11 is 3.51. The standard InChI is InChI=1S/C18H19BrO2/c1-3-16(13-20-12-15-9-5-4-6-10-15)21-18-14(2)8-7-11-17(18)19/h3-11,16H,1,12-13H2,2H3/t16-/m0/s1. The fourth-order valence-corrected chi connectivity index (χ4v) is 2.49. The molecule has 0 unspecified atom stereocenters. The van der Waals surface area contributed by atoms with Gasteiger partial charge in [-0.15, -0.1) is 0 Å². The van der Waals surface area contributed by atoms with Crippen molar-refractivity contribution in [3.05, 3.63) is 76.8 Å². The second kappa shape index (κ2) is 8.01. The zero-order chi connectivity index (χ0) is 15.1. The summed E-state index contributed by atoms with van der Waals surface area (Å²) in [6.07, 6.45) is 1.59. The molecule has 0 aromatic heterocycles. The molecule has 0 fully saturated rings. The minimum absolute atomic E-state index is 0.175. The van der Waals surface area contributed by atoms with Crippen LogP contribution in [-0.4, -0.2) is 12.7 Å². The minimum atomic E-state index is -0.175. The molecule has 110 valence electrons. The normalized spacial score (nSPS) is 11.9. The van der Waals surface area contributed by atoms with Gasteiger partial charge in [0.2, 0.25) is 0 Å². The average molecular weight is 347 g/mol. The lowest BCUT2D eigenvalue weighted by Crippen LogP contribution is -2.21. The molecule has 0 saturated heterocycles.